The summed E-state index contributed by atoms with van der Waals surface area (Å²) in [7, 11) is -3.46. The van der Waals surface area contributed by atoms with E-state index in [0.29, 0.717) is 4.21 Å². The summed E-state index contributed by atoms with van der Waals surface area (Å²) in [6, 6.07) is 17.0. The van der Waals surface area contributed by atoms with E-state index in [4.69, 9.17) is 0 Å². The molecule has 1 heterocycles. The lowest BCUT2D eigenvalue weighted by molar-refractivity contribution is 0.570. The molecule has 5 heteroatoms. The fourth-order valence-electron chi connectivity index (χ4n) is 2.40. The first-order chi connectivity index (χ1) is 10.1. The van der Waals surface area contributed by atoms with E-state index < -0.39 is 10.0 Å². The normalized spacial score (nSPS) is 13.4. The van der Waals surface area contributed by atoms with Gasteiger partial charge in [0.05, 0.1) is 0 Å². The zero-order chi connectivity index (χ0) is 14.9. The first-order valence-electron chi connectivity index (χ1n) is 6.61. The molecule has 0 aliphatic carbocycles. The highest BCUT2D eigenvalue weighted by Gasteiger charge is 2.20. The maximum absolute atomic E-state index is 12.3. The smallest absolute Gasteiger partial charge is 0.206 e. The van der Waals surface area contributed by atoms with Crippen LogP contribution in [0.5, 0.6) is 0 Å². The van der Waals surface area contributed by atoms with Crippen molar-refractivity contribution in [3.63, 3.8) is 0 Å². The van der Waals surface area contributed by atoms with Gasteiger partial charge in [0, 0.05) is 6.04 Å². The fourth-order valence-corrected chi connectivity index (χ4v) is 4.63. The van der Waals surface area contributed by atoms with Crippen molar-refractivity contribution in [1.82, 2.24) is 4.72 Å². The van der Waals surface area contributed by atoms with Crippen LogP contribution in [0.25, 0.3) is 10.8 Å². The summed E-state index contributed by atoms with van der Waals surface area (Å²) < 4.78 is 27.7. The van der Waals surface area contributed by atoms with E-state index in [2.05, 4.69) is 4.72 Å². The first kappa shape index (κ1) is 14.3. The van der Waals surface area contributed by atoms with Gasteiger partial charge in [-0.05, 0) is 34.7 Å². The Labute approximate surface area is 128 Å². The molecule has 3 aromatic rings. The Bertz CT molecular complexity index is 850. The molecule has 3 nitrogen and oxygen atoms in total. The molecule has 2 aromatic carbocycles. The molecule has 0 spiro atoms. The van der Waals surface area contributed by atoms with Crippen molar-refractivity contribution in [3.8, 4) is 0 Å². The van der Waals surface area contributed by atoms with Crippen molar-refractivity contribution in [2.45, 2.75) is 17.2 Å². The molecule has 0 radical (unpaired) electrons. The standard InChI is InChI=1S/C16H15NO2S2/c1-12(17-21(18,19)16-10-5-11-20-16)14-9-4-7-13-6-2-3-8-15(13)14/h2-12,17H,1H3/t12-/m1/s1. The van der Waals surface area contributed by atoms with E-state index >= 15 is 0 Å². The fraction of sp³-hybridized carbons (Fsp3) is 0.125. The molecular formula is C16H15NO2S2. The third kappa shape index (κ3) is 2.85. The Morgan fingerprint density at radius 3 is 2.52 bits per heavy atom. The van der Waals surface area contributed by atoms with Crippen LogP contribution < -0.4 is 4.72 Å². The predicted octanol–water partition coefficient (Wildman–Crippen LogP) is 3.94. The van der Waals surface area contributed by atoms with Gasteiger partial charge in [-0.15, -0.1) is 11.3 Å². The minimum Gasteiger partial charge on any atom is -0.206 e. The molecule has 1 N–H and O–H groups in total. The zero-order valence-electron chi connectivity index (χ0n) is 11.5. The van der Waals surface area contributed by atoms with Crippen LogP contribution in [0, 0.1) is 0 Å². The van der Waals surface area contributed by atoms with Gasteiger partial charge < -0.3 is 0 Å². The number of nitrogens with one attached hydrogen (secondary N) is 1. The molecule has 0 fully saturated rings. The predicted molar refractivity (Wildman–Crippen MR) is 87.0 cm³/mol. The second kappa shape index (κ2) is 5.60. The molecule has 3 rings (SSSR count). The third-order valence-corrected chi connectivity index (χ3v) is 6.32. The molecule has 108 valence electrons. The zero-order valence-corrected chi connectivity index (χ0v) is 13.1. The molecule has 21 heavy (non-hydrogen) atoms. The van der Waals surface area contributed by atoms with Crippen LogP contribution in [0.1, 0.15) is 18.5 Å². The van der Waals surface area contributed by atoms with Gasteiger partial charge in [0.15, 0.2) is 0 Å². The molecule has 0 amide bonds. The van der Waals surface area contributed by atoms with Gasteiger partial charge in [0.1, 0.15) is 4.21 Å². The van der Waals surface area contributed by atoms with Crippen LogP contribution in [0.4, 0.5) is 0 Å². The van der Waals surface area contributed by atoms with Crippen LogP contribution in [0.15, 0.2) is 64.2 Å². The van der Waals surface area contributed by atoms with Gasteiger partial charge in [0.2, 0.25) is 0 Å². The van der Waals surface area contributed by atoms with Gasteiger partial charge in [-0.25, -0.2) is 13.1 Å². The number of benzene rings is 2. The molecule has 0 saturated carbocycles. The number of sulfonamides is 1. The van der Waals surface area contributed by atoms with Crippen molar-refractivity contribution in [2.75, 3.05) is 0 Å². The largest absolute Gasteiger partial charge is 0.250 e. The first-order valence-corrected chi connectivity index (χ1v) is 8.98. The highest BCUT2D eigenvalue weighted by Crippen LogP contribution is 2.26. The third-order valence-electron chi connectivity index (χ3n) is 3.38. The van der Waals surface area contributed by atoms with Crippen LogP contribution in [0.3, 0.4) is 0 Å². The summed E-state index contributed by atoms with van der Waals surface area (Å²) in [5.41, 5.74) is 0.980. The van der Waals surface area contributed by atoms with Crippen LogP contribution in [-0.2, 0) is 10.0 Å². The molecular weight excluding hydrogens is 302 g/mol. The molecule has 1 atom stereocenters. The minimum absolute atomic E-state index is 0.289. The summed E-state index contributed by atoms with van der Waals surface area (Å²) in [6.07, 6.45) is 0. The van der Waals surface area contributed by atoms with Gasteiger partial charge in [-0.1, -0.05) is 48.5 Å². The van der Waals surface area contributed by atoms with Crippen LogP contribution >= 0.6 is 11.3 Å². The van der Waals surface area contributed by atoms with Crippen LogP contribution in [-0.4, -0.2) is 8.42 Å². The van der Waals surface area contributed by atoms with Crippen molar-refractivity contribution in [2.24, 2.45) is 0 Å². The summed E-state index contributed by atoms with van der Waals surface area (Å²) in [4.78, 5) is 0. The van der Waals surface area contributed by atoms with Gasteiger partial charge in [-0.3, -0.25) is 0 Å². The van der Waals surface area contributed by atoms with E-state index in [-0.39, 0.29) is 6.04 Å². The summed E-state index contributed by atoms with van der Waals surface area (Å²) in [6.45, 7) is 1.87. The van der Waals surface area contributed by atoms with E-state index in [1.807, 2.05) is 49.4 Å². The number of rotatable bonds is 4. The molecule has 0 unspecified atom stereocenters. The van der Waals surface area contributed by atoms with Gasteiger partial charge in [0.25, 0.3) is 10.0 Å². The Morgan fingerprint density at radius 2 is 1.76 bits per heavy atom. The molecule has 0 aliphatic heterocycles. The van der Waals surface area contributed by atoms with E-state index in [1.165, 1.54) is 11.3 Å². The molecule has 0 saturated heterocycles. The average molecular weight is 317 g/mol. The molecule has 1 aromatic heterocycles. The van der Waals surface area contributed by atoms with Crippen LogP contribution in [0.2, 0.25) is 0 Å². The number of fused-ring (bicyclic) bond motifs is 1. The Hall–Kier alpha value is -1.69. The van der Waals surface area contributed by atoms with E-state index in [9.17, 15) is 8.42 Å². The van der Waals surface area contributed by atoms with E-state index in [0.717, 1.165) is 16.3 Å². The van der Waals surface area contributed by atoms with E-state index in [1.54, 1.807) is 17.5 Å². The maximum atomic E-state index is 12.3. The van der Waals surface area contributed by atoms with Crippen molar-refractivity contribution in [1.29, 1.82) is 0 Å². The van der Waals surface area contributed by atoms with Crippen molar-refractivity contribution < 1.29 is 8.42 Å². The topological polar surface area (TPSA) is 46.2 Å². The monoisotopic (exact) mass is 317 g/mol. The lowest BCUT2D eigenvalue weighted by atomic mass is 10.0. The SMILES string of the molecule is C[C@@H](NS(=O)(=O)c1cccs1)c1cccc2ccccc12. The average Bonchev–Trinajstić information content (AvgIpc) is 3.01. The Balaban J connectivity index is 1.97. The number of hydrogen-bond donors (Lipinski definition) is 1. The van der Waals surface area contributed by atoms with Gasteiger partial charge in [-0.2, -0.15) is 0 Å². The second-order valence-electron chi connectivity index (χ2n) is 4.84. The Kier molecular flexibility index (Phi) is 3.80. The lowest BCUT2D eigenvalue weighted by Gasteiger charge is -2.16. The maximum Gasteiger partial charge on any atom is 0.250 e. The quantitative estimate of drug-likeness (QED) is 0.792. The van der Waals surface area contributed by atoms with Crippen molar-refractivity contribution >= 4 is 32.1 Å². The molecule has 0 bridgehead atoms. The molecule has 0 aliphatic rings. The number of thiophene rings is 1. The highest BCUT2D eigenvalue weighted by molar-refractivity contribution is 7.91. The van der Waals surface area contributed by atoms with Crippen molar-refractivity contribution in [3.05, 3.63) is 65.5 Å². The van der Waals surface area contributed by atoms with Gasteiger partial charge >= 0.3 is 0 Å². The lowest BCUT2D eigenvalue weighted by Crippen LogP contribution is -2.26. The summed E-state index contributed by atoms with van der Waals surface area (Å²) >= 11 is 1.22. The Morgan fingerprint density at radius 1 is 1.00 bits per heavy atom. The summed E-state index contributed by atoms with van der Waals surface area (Å²) in [5.74, 6) is 0. The number of hydrogen-bond acceptors (Lipinski definition) is 3. The second-order valence-corrected chi connectivity index (χ2v) is 7.73. The highest BCUT2D eigenvalue weighted by atomic mass is 32.2. The summed E-state index contributed by atoms with van der Waals surface area (Å²) in [5, 5.41) is 3.94. The minimum atomic E-state index is -3.46.